The monoisotopic (exact) mass is 443 g/mol. The summed E-state index contributed by atoms with van der Waals surface area (Å²) in [5.41, 5.74) is 0.605. The molecule has 2 saturated heterocycles. The number of aromatic carboxylic acids is 1. The highest BCUT2D eigenvalue weighted by molar-refractivity contribution is 6.00. The van der Waals surface area contributed by atoms with Crippen molar-refractivity contribution in [3.05, 3.63) is 32.9 Å². The second-order valence-corrected chi connectivity index (χ2v) is 9.60. The number of pyridine rings is 1. The number of halogens is 1. The lowest BCUT2D eigenvalue weighted by Gasteiger charge is -2.33. The number of hydrogen-bond donors (Lipinski definition) is 1. The van der Waals surface area contributed by atoms with Gasteiger partial charge in [0.15, 0.2) is 11.6 Å². The number of methoxy groups -OCH3 is 1. The zero-order valence-corrected chi connectivity index (χ0v) is 19.1. The van der Waals surface area contributed by atoms with E-state index in [0.717, 1.165) is 38.8 Å². The molecule has 2 unspecified atom stereocenters. The fourth-order valence-electron chi connectivity index (χ4n) is 5.98. The number of ether oxygens (including phenoxy) is 1. The molecule has 1 saturated carbocycles. The van der Waals surface area contributed by atoms with Gasteiger partial charge in [0.1, 0.15) is 11.3 Å². The highest BCUT2D eigenvalue weighted by atomic mass is 19.1. The first-order valence-corrected chi connectivity index (χ1v) is 11.4. The molecule has 172 valence electrons. The molecule has 1 aliphatic carbocycles. The number of anilines is 1. The Morgan fingerprint density at radius 3 is 2.50 bits per heavy atom. The van der Waals surface area contributed by atoms with Crippen molar-refractivity contribution in [2.75, 3.05) is 38.7 Å². The second kappa shape index (κ2) is 7.47. The van der Waals surface area contributed by atoms with Crippen LogP contribution in [0.1, 0.15) is 53.3 Å². The van der Waals surface area contributed by atoms with E-state index in [-0.39, 0.29) is 22.6 Å². The number of aromatic nitrogens is 1. The maximum atomic E-state index is 15.9. The van der Waals surface area contributed by atoms with E-state index in [1.807, 2.05) is 4.57 Å². The summed E-state index contributed by atoms with van der Waals surface area (Å²) in [5.74, 6) is -0.961. The Kier molecular flexibility index (Phi) is 4.96. The van der Waals surface area contributed by atoms with Gasteiger partial charge in [-0.3, -0.25) is 4.79 Å². The quantitative estimate of drug-likeness (QED) is 0.781. The van der Waals surface area contributed by atoms with Gasteiger partial charge in [-0.25, -0.2) is 9.18 Å². The van der Waals surface area contributed by atoms with E-state index in [0.29, 0.717) is 41.2 Å². The number of likely N-dealkylation sites (tertiary alicyclic amines) is 1. The summed E-state index contributed by atoms with van der Waals surface area (Å²) in [7, 11) is 3.63. The van der Waals surface area contributed by atoms with Gasteiger partial charge in [-0.2, -0.15) is 0 Å². The van der Waals surface area contributed by atoms with Crippen molar-refractivity contribution in [1.29, 1.82) is 0 Å². The standard InChI is InChI=1S/C24H30FN3O4/c1-12-17-20(28(15-7-8-15)13(2)18(22(17)29)24(30)31)23(32-4)21(19(12)25)27-10-14-6-5-9-26(3)16(14)11-27/h14-16H,5-11H2,1-4H3,(H,30,31). The van der Waals surface area contributed by atoms with Crippen LogP contribution < -0.4 is 15.1 Å². The summed E-state index contributed by atoms with van der Waals surface area (Å²) in [4.78, 5) is 29.6. The van der Waals surface area contributed by atoms with Gasteiger partial charge in [0.05, 0.1) is 18.0 Å². The Morgan fingerprint density at radius 2 is 1.91 bits per heavy atom. The largest absolute Gasteiger partial charge is 0.492 e. The van der Waals surface area contributed by atoms with Crippen molar-refractivity contribution < 1.29 is 19.0 Å². The van der Waals surface area contributed by atoms with Gasteiger partial charge >= 0.3 is 5.97 Å². The minimum Gasteiger partial charge on any atom is -0.492 e. The van der Waals surface area contributed by atoms with Crippen LogP contribution in [0.2, 0.25) is 0 Å². The molecule has 32 heavy (non-hydrogen) atoms. The first-order valence-electron chi connectivity index (χ1n) is 11.4. The molecule has 2 atom stereocenters. The van der Waals surface area contributed by atoms with E-state index >= 15 is 4.39 Å². The fourth-order valence-corrected chi connectivity index (χ4v) is 5.98. The number of rotatable bonds is 4. The summed E-state index contributed by atoms with van der Waals surface area (Å²) >= 11 is 0. The number of nitrogens with zero attached hydrogens (tertiary/aromatic N) is 3. The molecule has 3 heterocycles. The number of carboxylic acids is 1. The SMILES string of the molecule is COc1c(N2CC3CCCN(C)C3C2)c(F)c(C)c2c(=O)c(C(=O)O)c(C)n(C3CC3)c12. The van der Waals surface area contributed by atoms with E-state index in [1.165, 1.54) is 7.11 Å². The molecule has 0 radical (unpaired) electrons. The third-order valence-electron chi connectivity index (χ3n) is 7.70. The Balaban J connectivity index is 1.81. The van der Waals surface area contributed by atoms with E-state index in [1.54, 1.807) is 13.8 Å². The van der Waals surface area contributed by atoms with E-state index in [2.05, 4.69) is 16.8 Å². The van der Waals surface area contributed by atoms with E-state index < -0.39 is 17.2 Å². The number of carbonyl (C=O) groups is 1. The van der Waals surface area contributed by atoms with Crippen molar-refractivity contribution in [2.45, 2.75) is 51.6 Å². The number of likely N-dealkylation sites (N-methyl/N-ethyl adjacent to an activating group) is 1. The minimum atomic E-state index is -1.28. The Morgan fingerprint density at radius 1 is 1.19 bits per heavy atom. The molecule has 0 amide bonds. The summed E-state index contributed by atoms with van der Waals surface area (Å²) in [6.07, 6.45) is 4.05. The Bertz CT molecular complexity index is 1190. The van der Waals surface area contributed by atoms with Crippen molar-refractivity contribution in [3.8, 4) is 5.75 Å². The van der Waals surface area contributed by atoms with Crippen LogP contribution in [0.5, 0.6) is 5.75 Å². The maximum absolute atomic E-state index is 15.9. The summed E-state index contributed by atoms with van der Waals surface area (Å²) in [6.45, 7) is 5.74. The number of piperidine rings is 1. The lowest BCUT2D eigenvalue weighted by molar-refractivity contribution is 0.0694. The van der Waals surface area contributed by atoms with E-state index in [4.69, 9.17) is 4.74 Å². The number of carboxylic acid groups (broad SMARTS) is 1. The topological polar surface area (TPSA) is 75.0 Å². The third-order valence-corrected chi connectivity index (χ3v) is 7.70. The predicted molar refractivity (Wildman–Crippen MR) is 121 cm³/mol. The zero-order valence-electron chi connectivity index (χ0n) is 19.1. The van der Waals surface area contributed by atoms with Gasteiger partial charge in [0.2, 0.25) is 5.43 Å². The average Bonchev–Trinajstić information content (AvgIpc) is 3.47. The number of benzene rings is 1. The van der Waals surface area contributed by atoms with Crippen LogP contribution in [-0.2, 0) is 0 Å². The fraction of sp³-hybridized carbons (Fsp3) is 0.583. The van der Waals surface area contributed by atoms with Crippen LogP contribution in [0.4, 0.5) is 10.1 Å². The molecule has 7 nitrogen and oxygen atoms in total. The van der Waals surface area contributed by atoms with Crippen LogP contribution in [0, 0.1) is 25.6 Å². The van der Waals surface area contributed by atoms with Crippen molar-refractivity contribution in [3.63, 3.8) is 0 Å². The van der Waals surface area contributed by atoms with Gasteiger partial charge in [-0.15, -0.1) is 0 Å². The first-order chi connectivity index (χ1) is 15.3. The number of aryl methyl sites for hydroxylation is 1. The molecule has 8 heteroatoms. The average molecular weight is 444 g/mol. The zero-order chi connectivity index (χ0) is 22.9. The first kappa shape index (κ1) is 21.2. The molecule has 0 bridgehead atoms. The molecule has 1 N–H and O–H groups in total. The van der Waals surface area contributed by atoms with Crippen LogP contribution in [0.3, 0.4) is 0 Å². The second-order valence-electron chi connectivity index (χ2n) is 9.60. The normalized spacial score (nSPS) is 23.6. The predicted octanol–water partition coefficient (Wildman–Crippen LogP) is 3.33. The summed E-state index contributed by atoms with van der Waals surface area (Å²) < 4.78 is 23.7. The Labute approximate surface area is 186 Å². The minimum absolute atomic E-state index is 0.0927. The van der Waals surface area contributed by atoms with Crippen LogP contribution in [0.15, 0.2) is 4.79 Å². The van der Waals surface area contributed by atoms with E-state index in [9.17, 15) is 14.7 Å². The summed E-state index contributed by atoms with van der Waals surface area (Å²) in [6, 6.07) is 0.459. The molecule has 3 aliphatic rings. The van der Waals surface area contributed by atoms with Crippen molar-refractivity contribution in [1.82, 2.24) is 9.47 Å². The highest BCUT2D eigenvalue weighted by Crippen LogP contribution is 2.47. The molecule has 1 aromatic heterocycles. The lowest BCUT2D eigenvalue weighted by atomic mass is 9.93. The van der Waals surface area contributed by atoms with Crippen LogP contribution in [-0.4, -0.2) is 60.4 Å². The molecular weight excluding hydrogens is 413 g/mol. The van der Waals surface area contributed by atoms with Crippen LogP contribution in [0.25, 0.3) is 10.9 Å². The number of hydrogen-bond acceptors (Lipinski definition) is 5. The number of fused-ring (bicyclic) bond motifs is 2. The molecular formula is C24H30FN3O4. The maximum Gasteiger partial charge on any atom is 0.341 e. The molecule has 0 spiro atoms. The van der Waals surface area contributed by atoms with Crippen molar-refractivity contribution >= 4 is 22.6 Å². The molecule has 1 aromatic carbocycles. The van der Waals surface area contributed by atoms with Gasteiger partial charge in [0, 0.05) is 36.4 Å². The Hall–Kier alpha value is -2.61. The van der Waals surface area contributed by atoms with Gasteiger partial charge in [0.25, 0.3) is 0 Å². The lowest BCUT2D eigenvalue weighted by Crippen LogP contribution is -2.42. The molecule has 2 aromatic rings. The van der Waals surface area contributed by atoms with Gasteiger partial charge in [-0.05, 0) is 59.0 Å². The third kappa shape index (κ3) is 2.95. The summed E-state index contributed by atoms with van der Waals surface area (Å²) in [5, 5.41) is 9.86. The van der Waals surface area contributed by atoms with Crippen LogP contribution >= 0.6 is 0 Å². The van der Waals surface area contributed by atoms with Gasteiger partial charge in [-0.1, -0.05) is 0 Å². The smallest absolute Gasteiger partial charge is 0.341 e. The highest BCUT2D eigenvalue weighted by Gasteiger charge is 2.41. The molecule has 2 aliphatic heterocycles. The molecule has 3 fully saturated rings. The molecule has 5 rings (SSSR count). The van der Waals surface area contributed by atoms with Gasteiger partial charge < -0.3 is 24.2 Å². The van der Waals surface area contributed by atoms with Crippen molar-refractivity contribution in [2.24, 2.45) is 5.92 Å².